The number of nitrogens with zero attached hydrogens (tertiary/aromatic N) is 6. The maximum absolute atomic E-state index is 4.30. The highest BCUT2D eigenvalue weighted by molar-refractivity contribution is 8.13. The Bertz CT molecular complexity index is 1310. The van der Waals surface area contributed by atoms with Gasteiger partial charge in [0.25, 0.3) is 0 Å². The van der Waals surface area contributed by atoms with E-state index in [1.165, 1.54) is 28.6 Å². The summed E-state index contributed by atoms with van der Waals surface area (Å²) in [6, 6.07) is 10.7. The van der Waals surface area contributed by atoms with Crippen molar-refractivity contribution in [2.75, 3.05) is 11.6 Å². The Kier molecular flexibility index (Phi) is 11.7. The zero-order chi connectivity index (χ0) is 28.2. The van der Waals surface area contributed by atoms with Crippen LogP contribution in [0.15, 0.2) is 71.8 Å². The summed E-state index contributed by atoms with van der Waals surface area (Å²) in [5.74, 6) is 1.42. The van der Waals surface area contributed by atoms with Crippen molar-refractivity contribution in [1.29, 1.82) is 0 Å². The first-order valence-electron chi connectivity index (χ1n) is 13.7. The van der Waals surface area contributed by atoms with E-state index in [1.807, 2.05) is 39.3 Å². The average Bonchev–Trinajstić information content (AvgIpc) is 3.69. The van der Waals surface area contributed by atoms with Gasteiger partial charge in [-0.05, 0) is 102 Å². The van der Waals surface area contributed by atoms with Crippen LogP contribution in [0.4, 0.5) is 5.69 Å². The van der Waals surface area contributed by atoms with Crippen LogP contribution in [0.25, 0.3) is 5.69 Å². The first-order valence-corrected chi connectivity index (χ1v) is 14.9. The average molecular weight is 544 g/mol. The number of anilines is 1. The Balaban J connectivity index is 0.000000214. The van der Waals surface area contributed by atoms with Gasteiger partial charge in [-0.2, -0.15) is 5.10 Å². The first kappa shape index (κ1) is 30.0. The Morgan fingerprint density at radius 3 is 2.49 bits per heavy atom. The van der Waals surface area contributed by atoms with Crippen molar-refractivity contribution in [1.82, 2.24) is 20.2 Å². The fraction of sp³-hybridized carbons (Fsp3) is 0.387. The maximum atomic E-state index is 4.30. The van der Waals surface area contributed by atoms with E-state index in [9.17, 15) is 0 Å². The summed E-state index contributed by atoms with van der Waals surface area (Å²) in [7, 11) is 0. The summed E-state index contributed by atoms with van der Waals surface area (Å²) in [6.45, 7) is 14.2. The number of aromatic nitrogens is 4. The molecule has 2 aliphatic carbocycles. The van der Waals surface area contributed by atoms with Crippen LogP contribution in [0.1, 0.15) is 62.4 Å². The molecule has 2 aliphatic rings. The molecule has 1 aromatic heterocycles. The van der Waals surface area contributed by atoms with E-state index in [4.69, 9.17) is 0 Å². The molecular weight excluding hydrogens is 502 g/mol. The van der Waals surface area contributed by atoms with Gasteiger partial charge >= 0.3 is 0 Å². The number of hydrogen-bond donors (Lipinski definition) is 1. The van der Waals surface area contributed by atoms with Crippen LogP contribution < -0.4 is 5.32 Å². The number of tetrazole rings is 1. The number of thioether (sulfide) groups is 1. The standard InChI is InChI=1S/C18H23N3S.C11H12N4.C2H6/c1-5-7-8-19-17-12-15(18(22-4)21-20-6-2)11-14-9-13(3)10-16(14)17;1-8-5-9-3-2-4-11(10(9)6-8)15-13-7-12-14-15;1-2/h5-8,11-13,19H,1,9-10H2,2-4H3;2-4,7-8H,5-6H2,1H3;1-2H3/b8-7-,20-6+,21-18-;;. The molecule has 39 heavy (non-hydrogen) atoms. The lowest BCUT2D eigenvalue weighted by Crippen LogP contribution is -2.03. The largest absolute Gasteiger partial charge is 0.361 e. The normalized spacial score (nSPS) is 17.7. The van der Waals surface area contributed by atoms with Crippen molar-refractivity contribution in [3.8, 4) is 5.69 Å². The summed E-state index contributed by atoms with van der Waals surface area (Å²) >= 11 is 1.62. The molecule has 3 aromatic rings. The highest BCUT2D eigenvalue weighted by Crippen LogP contribution is 2.35. The van der Waals surface area contributed by atoms with Gasteiger partial charge in [-0.1, -0.05) is 52.5 Å². The fourth-order valence-corrected chi connectivity index (χ4v) is 5.53. The number of hydrogen-bond acceptors (Lipinski definition) is 7. The van der Waals surface area contributed by atoms with E-state index in [-0.39, 0.29) is 0 Å². The quantitative estimate of drug-likeness (QED) is 0.156. The fourth-order valence-electron chi connectivity index (χ4n) is 5.04. The molecule has 2 aromatic carbocycles. The van der Waals surface area contributed by atoms with Crippen LogP contribution >= 0.6 is 11.8 Å². The SMILES string of the molecule is C=C/C=C\Nc1cc(/C(=N/N=C/C)SC)cc2c1CC(C)C2.CC.CC1Cc2cccc(-n3ncnn3)c2C1. The molecule has 0 bridgehead atoms. The predicted molar refractivity (Wildman–Crippen MR) is 167 cm³/mol. The summed E-state index contributed by atoms with van der Waals surface area (Å²) in [5.41, 5.74) is 9.01. The van der Waals surface area contributed by atoms with Crippen LogP contribution in [-0.2, 0) is 25.7 Å². The van der Waals surface area contributed by atoms with Crippen molar-refractivity contribution in [3.63, 3.8) is 0 Å². The lowest BCUT2D eigenvalue weighted by Gasteiger charge is -2.12. The van der Waals surface area contributed by atoms with Crippen molar-refractivity contribution in [3.05, 3.63) is 89.4 Å². The van der Waals surface area contributed by atoms with E-state index in [0.29, 0.717) is 5.92 Å². The van der Waals surface area contributed by atoms with Gasteiger partial charge in [0.15, 0.2) is 6.33 Å². The summed E-state index contributed by atoms with van der Waals surface area (Å²) in [6.07, 6.45) is 15.3. The smallest absolute Gasteiger partial charge is 0.162 e. The van der Waals surface area contributed by atoms with Crippen LogP contribution in [0, 0.1) is 11.8 Å². The molecule has 0 radical (unpaired) electrons. The van der Waals surface area contributed by atoms with Crippen LogP contribution in [0.2, 0.25) is 0 Å². The highest BCUT2D eigenvalue weighted by atomic mass is 32.2. The summed E-state index contributed by atoms with van der Waals surface area (Å²) in [4.78, 5) is 1.61. The molecule has 8 heteroatoms. The first-order chi connectivity index (χ1) is 19.0. The molecule has 0 spiro atoms. The monoisotopic (exact) mass is 543 g/mol. The Morgan fingerprint density at radius 2 is 1.82 bits per heavy atom. The molecular formula is C31H41N7S. The number of fused-ring (bicyclic) bond motifs is 2. The number of allylic oxidation sites excluding steroid dienone is 2. The molecule has 0 aliphatic heterocycles. The zero-order valence-corrected chi connectivity index (χ0v) is 24.9. The van der Waals surface area contributed by atoms with E-state index in [0.717, 1.165) is 53.6 Å². The van der Waals surface area contributed by atoms with E-state index < -0.39 is 0 Å². The van der Waals surface area contributed by atoms with Crippen molar-refractivity contribution >= 4 is 28.7 Å². The third-order valence-corrected chi connectivity index (χ3v) is 7.28. The lowest BCUT2D eigenvalue weighted by atomic mass is 10.0. The topological polar surface area (TPSA) is 80.4 Å². The second-order valence-corrected chi connectivity index (χ2v) is 10.3. The predicted octanol–water partition coefficient (Wildman–Crippen LogP) is 7.07. The zero-order valence-electron chi connectivity index (χ0n) is 24.1. The third-order valence-electron chi connectivity index (χ3n) is 6.57. The van der Waals surface area contributed by atoms with Crippen molar-refractivity contribution in [2.24, 2.45) is 22.0 Å². The lowest BCUT2D eigenvalue weighted by molar-refractivity contribution is 0.623. The molecule has 206 valence electrons. The summed E-state index contributed by atoms with van der Waals surface area (Å²) in [5, 5.41) is 24.4. The maximum Gasteiger partial charge on any atom is 0.162 e. The molecule has 7 nitrogen and oxygen atoms in total. The second kappa shape index (κ2) is 15.2. The molecule has 5 rings (SSSR count). The summed E-state index contributed by atoms with van der Waals surface area (Å²) < 4.78 is 0. The molecule has 2 atom stereocenters. The van der Waals surface area contributed by atoms with Gasteiger partial charge in [-0.3, -0.25) is 0 Å². The Labute approximate surface area is 237 Å². The number of benzene rings is 2. The van der Waals surface area contributed by atoms with Crippen LogP contribution in [0.3, 0.4) is 0 Å². The minimum Gasteiger partial charge on any atom is -0.361 e. The molecule has 0 saturated carbocycles. The Morgan fingerprint density at radius 1 is 1.08 bits per heavy atom. The molecule has 1 N–H and O–H groups in total. The van der Waals surface area contributed by atoms with Gasteiger partial charge in [0.2, 0.25) is 0 Å². The molecule has 2 unspecified atom stereocenters. The van der Waals surface area contributed by atoms with E-state index in [1.54, 1.807) is 28.8 Å². The van der Waals surface area contributed by atoms with Gasteiger partial charge in [0.05, 0.1) is 5.69 Å². The molecule has 0 saturated heterocycles. The Hall–Kier alpha value is -3.52. The van der Waals surface area contributed by atoms with Crippen molar-refractivity contribution < 1.29 is 0 Å². The van der Waals surface area contributed by atoms with Gasteiger partial charge in [0, 0.05) is 23.7 Å². The minimum atomic E-state index is 0.692. The van der Waals surface area contributed by atoms with Crippen molar-refractivity contribution in [2.45, 2.75) is 60.3 Å². The van der Waals surface area contributed by atoms with Crippen LogP contribution in [0.5, 0.6) is 0 Å². The van der Waals surface area contributed by atoms with Gasteiger partial charge in [-0.15, -0.1) is 31.9 Å². The highest BCUT2D eigenvalue weighted by Gasteiger charge is 2.23. The van der Waals surface area contributed by atoms with E-state index >= 15 is 0 Å². The molecule has 0 fully saturated rings. The minimum absolute atomic E-state index is 0.692. The van der Waals surface area contributed by atoms with Gasteiger partial charge in [-0.25, -0.2) is 0 Å². The third kappa shape index (κ3) is 7.76. The second-order valence-electron chi connectivity index (χ2n) is 9.55. The van der Waals surface area contributed by atoms with Gasteiger partial charge < -0.3 is 5.32 Å². The van der Waals surface area contributed by atoms with Gasteiger partial charge in [0.1, 0.15) is 5.04 Å². The molecule has 1 heterocycles. The van der Waals surface area contributed by atoms with E-state index in [2.05, 4.69) is 81.7 Å². The molecule has 0 amide bonds. The number of nitrogens with one attached hydrogen (secondary N) is 1. The van der Waals surface area contributed by atoms with Crippen LogP contribution in [-0.4, -0.2) is 37.7 Å². The number of rotatable bonds is 6.